The largest absolute Gasteiger partial charge is 0.423 e. The molecule has 1 nitrogen and oxygen atoms in total. The molecule has 0 aliphatic carbocycles. The second-order valence-corrected chi connectivity index (χ2v) is 13.5. The van der Waals surface area contributed by atoms with Crippen molar-refractivity contribution in [3.05, 3.63) is 95.6 Å². The van der Waals surface area contributed by atoms with Gasteiger partial charge in [0.05, 0.1) is 16.0 Å². The Morgan fingerprint density at radius 2 is 1.41 bits per heavy atom. The summed E-state index contributed by atoms with van der Waals surface area (Å²) in [6, 6.07) is 19.6. The Morgan fingerprint density at radius 3 is 1.94 bits per heavy atom. The number of halogens is 3. The first kappa shape index (κ1) is 26.7. The molecule has 0 bridgehead atoms. The van der Waals surface area contributed by atoms with E-state index in [9.17, 15) is 8.78 Å². The highest BCUT2D eigenvalue weighted by Crippen LogP contribution is 2.44. The molecule has 0 heterocycles. The van der Waals surface area contributed by atoms with Gasteiger partial charge in [-0.05, 0) is 54.0 Å². The summed E-state index contributed by atoms with van der Waals surface area (Å²) in [6.45, 7) is 7.27. The fourth-order valence-corrected chi connectivity index (χ4v) is 5.13. The van der Waals surface area contributed by atoms with Crippen molar-refractivity contribution in [1.29, 1.82) is 0 Å². The van der Waals surface area contributed by atoms with E-state index in [1.54, 1.807) is 0 Å². The van der Waals surface area contributed by atoms with E-state index in [4.69, 9.17) is 4.43 Å². The number of unbranched alkanes of at least 4 members (excludes halogenated alkanes) is 1. The summed E-state index contributed by atoms with van der Waals surface area (Å²) in [7, 11) is -0.535. The Balaban J connectivity index is 1.89. The summed E-state index contributed by atoms with van der Waals surface area (Å²) in [5.74, 6) is -0.447. The first-order valence-electron chi connectivity index (χ1n) is 11.3. The Hall–Kier alpha value is -1.56. The van der Waals surface area contributed by atoms with Crippen molar-refractivity contribution in [1.82, 2.24) is 0 Å². The molecule has 0 saturated carbocycles. The van der Waals surface area contributed by atoms with Crippen LogP contribution in [0.2, 0.25) is 5.04 Å². The third-order valence-electron chi connectivity index (χ3n) is 5.04. The van der Waals surface area contributed by atoms with Gasteiger partial charge in [-0.1, -0.05) is 97.4 Å². The predicted octanol–water partition coefficient (Wildman–Crippen LogP) is 8.30. The van der Waals surface area contributed by atoms with Gasteiger partial charge in [-0.15, -0.1) is 0 Å². The molecule has 0 aliphatic rings. The molecule has 0 aromatic heterocycles. The molecule has 174 valence electrons. The molecule has 2 aromatic carbocycles. The van der Waals surface area contributed by atoms with Crippen molar-refractivity contribution in [2.75, 3.05) is 6.61 Å². The second kappa shape index (κ2) is 13.2. The van der Waals surface area contributed by atoms with E-state index in [2.05, 4.69) is 36.7 Å². The SMILES string of the molecule is CC(C)(C)[SiH2]OCCCCC(F)=CCC=C(F)CC(Br)(c1ccccc1)c1ccccc1. The fraction of sp³-hybridized carbons (Fsp3) is 0.407. The van der Waals surface area contributed by atoms with Gasteiger partial charge in [-0.25, -0.2) is 8.78 Å². The third-order valence-corrected chi connectivity index (χ3v) is 7.60. The van der Waals surface area contributed by atoms with Crippen LogP contribution >= 0.6 is 15.9 Å². The smallest absolute Gasteiger partial charge is 0.166 e. The normalized spacial score (nSPS) is 13.8. The molecule has 0 atom stereocenters. The summed E-state index contributed by atoms with van der Waals surface area (Å²) in [5, 5.41) is 0.287. The number of rotatable bonds is 12. The maximum absolute atomic E-state index is 14.9. The van der Waals surface area contributed by atoms with Crippen LogP contribution in [0.1, 0.15) is 64.0 Å². The van der Waals surface area contributed by atoms with Gasteiger partial charge in [-0.3, -0.25) is 0 Å². The van der Waals surface area contributed by atoms with Crippen LogP contribution in [0.15, 0.2) is 84.5 Å². The van der Waals surface area contributed by atoms with Crippen molar-refractivity contribution >= 4 is 25.7 Å². The van der Waals surface area contributed by atoms with Gasteiger partial charge in [0.25, 0.3) is 0 Å². The van der Waals surface area contributed by atoms with Crippen molar-refractivity contribution in [2.45, 2.75) is 62.2 Å². The van der Waals surface area contributed by atoms with Crippen LogP contribution in [0.4, 0.5) is 8.78 Å². The number of allylic oxidation sites excluding steroid dienone is 4. The monoisotopic (exact) mass is 520 g/mol. The van der Waals surface area contributed by atoms with Crippen LogP contribution in [0.3, 0.4) is 0 Å². The summed E-state index contributed by atoms with van der Waals surface area (Å²) in [5.41, 5.74) is 1.96. The molecule has 0 N–H and O–H groups in total. The van der Waals surface area contributed by atoms with Crippen LogP contribution in [-0.4, -0.2) is 16.4 Å². The Labute approximate surface area is 203 Å². The Bertz CT molecular complexity index is 821. The van der Waals surface area contributed by atoms with Crippen molar-refractivity contribution in [3.8, 4) is 0 Å². The van der Waals surface area contributed by atoms with Gasteiger partial charge < -0.3 is 4.43 Å². The molecule has 2 aromatic rings. The highest BCUT2D eigenvalue weighted by atomic mass is 79.9. The van der Waals surface area contributed by atoms with Crippen LogP contribution < -0.4 is 0 Å². The number of benzene rings is 2. The summed E-state index contributed by atoms with van der Waals surface area (Å²) in [4.78, 5) is 0. The predicted molar refractivity (Wildman–Crippen MR) is 138 cm³/mol. The van der Waals surface area contributed by atoms with E-state index in [1.807, 2.05) is 60.7 Å². The topological polar surface area (TPSA) is 9.23 Å². The molecule has 0 fully saturated rings. The lowest BCUT2D eigenvalue weighted by Gasteiger charge is -2.28. The average Bonchev–Trinajstić information content (AvgIpc) is 2.76. The van der Waals surface area contributed by atoms with Gasteiger partial charge >= 0.3 is 0 Å². The maximum Gasteiger partial charge on any atom is 0.166 e. The molecule has 0 amide bonds. The standard InChI is InChI=1S/C27H35BrF2OSi/c1-26(2,3)32-31-20-11-10-17-24(29)18-12-19-25(30)21-27(28,22-13-6-4-7-14-22)23-15-8-5-9-16-23/h4-9,13-16,18-19H,10-12,17,20-21,32H2,1-3H3. The summed E-state index contributed by atoms with van der Waals surface area (Å²) in [6.07, 6.45) is 5.34. The van der Waals surface area contributed by atoms with Gasteiger partial charge in [0, 0.05) is 13.0 Å². The van der Waals surface area contributed by atoms with E-state index in [1.165, 1.54) is 12.2 Å². The Kier molecular flexibility index (Phi) is 11.0. The quantitative estimate of drug-likeness (QED) is 0.155. The molecule has 0 aliphatic heterocycles. The Morgan fingerprint density at radius 1 is 0.875 bits per heavy atom. The van der Waals surface area contributed by atoms with Crippen LogP contribution in [0, 0.1) is 0 Å². The average molecular weight is 522 g/mol. The minimum atomic E-state index is -0.672. The lowest BCUT2D eigenvalue weighted by molar-refractivity contribution is 0.308. The van der Waals surface area contributed by atoms with Crippen molar-refractivity contribution < 1.29 is 13.2 Å². The van der Waals surface area contributed by atoms with Gasteiger partial charge in [0.2, 0.25) is 0 Å². The number of alkyl halides is 1. The lowest BCUT2D eigenvalue weighted by Crippen LogP contribution is -2.20. The fourth-order valence-electron chi connectivity index (χ4n) is 3.37. The van der Waals surface area contributed by atoms with E-state index >= 15 is 0 Å². The van der Waals surface area contributed by atoms with Gasteiger partial charge in [0.15, 0.2) is 9.76 Å². The number of hydrogen-bond acceptors (Lipinski definition) is 1. The second-order valence-electron chi connectivity index (χ2n) is 9.32. The van der Waals surface area contributed by atoms with Crippen LogP contribution in [0.5, 0.6) is 0 Å². The molecule has 5 heteroatoms. The minimum absolute atomic E-state index is 0.158. The third kappa shape index (κ3) is 9.51. The highest BCUT2D eigenvalue weighted by Gasteiger charge is 2.32. The zero-order chi connectivity index (χ0) is 23.5. The maximum atomic E-state index is 14.9. The molecule has 0 unspecified atom stereocenters. The van der Waals surface area contributed by atoms with Crippen LogP contribution in [-0.2, 0) is 8.75 Å². The minimum Gasteiger partial charge on any atom is -0.423 e. The lowest BCUT2D eigenvalue weighted by atomic mass is 9.87. The first-order chi connectivity index (χ1) is 15.2. The zero-order valence-electron chi connectivity index (χ0n) is 19.4. The molecule has 0 saturated heterocycles. The molecule has 0 spiro atoms. The van der Waals surface area contributed by atoms with E-state index in [0.29, 0.717) is 13.0 Å². The van der Waals surface area contributed by atoms with Gasteiger partial charge in [0.1, 0.15) is 0 Å². The van der Waals surface area contributed by atoms with E-state index < -0.39 is 14.1 Å². The molecule has 0 radical (unpaired) electrons. The van der Waals surface area contributed by atoms with E-state index in [-0.39, 0.29) is 29.5 Å². The summed E-state index contributed by atoms with van der Waals surface area (Å²) >= 11 is 3.81. The number of hydrogen-bond donors (Lipinski definition) is 0. The van der Waals surface area contributed by atoms with E-state index in [0.717, 1.165) is 24.0 Å². The molecule has 32 heavy (non-hydrogen) atoms. The molecular formula is C27H35BrF2OSi. The first-order valence-corrected chi connectivity index (χ1v) is 13.4. The van der Waals surface area contributed by atoms with Crippen molar-refractivity contribution in [2.24, 2.45) is 0 Å². The highest BCUT2D eigenvalue weighted by molar-refractivity contribution is 9.09. The van der Waals surface area contributed by atoms with Crippen LogP contribution in [0.25, 0.3) is 0 Å². The summed E-state index contributed by atoms with van der Waals surface area (Å²) < 4.78 is 34.0. The molecular weight excluding hydrogens is 486 g/mol. The molecule has 2 rings (SSSR count). The van der Waals surface area contributed by atoms with Gasteiger partial charge in [-0.2, -0.15) is 0 Å². The van der Waals surface area contributed by atoms with Crippen molar-refractivity contribution in [3.63, 3.8) is 0 Å². The zero-order valence-corrected chi connectivity index (χ0v) is 22.4.